The van der Waals surface area contributed by atoms with Crippen molar-refractivity contribution >= 4 is 0 Å². The minimum atomic E-state index is -0.0308. The number of nitrogens with zero attached hydrogens (tertiary/aromatic N) is 1. The van der Waals surface area contributed by atoms with E-state index in [0.29, 0.717) is 18.0 Å². The molecule has 0 spiro atoms. The quantitative estimate of drug-likeness (QED) is 0.892. The van der Waals surface area contributed by atoms with Gasteiger partial charge in [-0.2, -0.15) is 0 Å². The first kappa shape index (κ1) is 15.0. The molecular weight excluding hydrogens is 263 g/mol. The molecule has 2 atom stereocenters. The predicted octanol–water partition coefficient (Wildman–Crippen LogP) is 3.52. The van der Waals surface area contributed by atoms with Gasteiger partial charge in [0.1, 0.15) is 5.82 Å². The van der Waals surface area contributed by atoms with Gasteiger partial charge in [-0.25, -0.2) is 4.39 Å². The molecule has 1 aromatic rings. The second kappa shape index (κ2) is 6.45. The van der Waals surface area contributed by atoms with Gasteiger partial charge >= 0.3 is 0 Å². The van der Waals surface area contributed by atoms with Crippen LogP contribution in [0.1, 0.15) is 50.3 Å². The molecule has 1 heterocycles. The van der Waals surface area contributed by atoms with Gasteiger partial charge in [0.05, 0.1) is 0 Å². The van der Waals surface area contributed by atoms with Crippen LogP contribution in [-0.2, 0) is 6.42 Å². The number of hydrogen-bond acceptors (Lipinski definition) is 2. The van der Waals surface area contributed by atoms with Gasteiger partial charge in [0.15, 0.2) is 0 Å². The van der Waals surface area contributed by atoms with Gasteiger partial charge in [0.2, 0.25) is 0 Å². The lowest BCUT2D eigenvalue weighted by Crippen LogP contribution is -2.44. The third-order valence-corrected chi connectivity index (χ3v) is 5.17. The first-order valence-corrected chi connectivity index (χ1v) is 8.41. The Balaban J connectivity index is 1.64. The number of likely N-dealkylation sites (tertiary alicyclic amines) is 1. The number of hydrogen-bond donors (Lipinski definition) is 1. The molecule has 1 aliphatic carbocycles. The van der Waals surface area contributed by atoms with Crippen molar-refractivity contribution in [2.75, 3.05) is 19.6 Å². The van der Waals surface area contributed by atoms with Crippen LogP contribution in [0.4, 0.5) is 4.39 Å². The average molecular weight is 290 g/mol. The van der Waals surface area contributed by atoms with E-state index in [4.69, 9.17) is 0 Å². The lowest BCUT2D eigenvalue weighted by molar-refractivity contribution is 0.182. The van der Waals surface area contributed by atoms with Gasteiger partial charge in [-0.3, -0.25) is 4.90 Å². The van der Waals surface area contributed by atoms with Gasteiger partial charge < -0.3 is 5.32 Å². The molecule has 0 saturated carbocycles. The van der Waals surface area contributed by atoms with Crippen LogP contribution in [0.15, 0.2) is 18.2 Å². The molecule has 2 aliphatic rings. The molecule has 116 valence electrons. The van der Waals surface area contributed by atoms with Crippen LogP contribution in [0.2, 0.25) is 0 Å². The summed E-state index contributed by atoms with van der Waals surface area (Å²) in [5, 5.41) is 3.72. The SMILES string of the molecule is CC(C)C(CNC1CCc2c(F)cccc21)N1CCCC1. The van der Waals surface area contributed by atoms with E-state index >= 15 is 0 Å². The molecule has 1 fully saturated rings. The Labute approximate surface area is 127 Å². The molecule has 1 saturated heterocycles. The fraction of sp³-hybridized carbons (Fsp3) is 0.667. The molecule has 2 unspecified atom stereocenters. The zero-order valence-electron chi connectivity index (χ0n) is 13.2. The lowest BCUT2D eigenvalue weighted by Gasteiger charge is -2.32. The minimum absolute atomic E-state index is 0.0308. The van der Waals surface area contributed by atoms with E-state index in [9.17, 15) is 4.39 Å². The number of halogens is 1. The van der Waals surface area contributed by atoms with Crippen LogP contribution in [0.5, 0.6) is 0 Å². The molecule has 0 aromatic heterocycles. The number of rotatable bonds is 5. The van der Waals surface area contributed by atoms with Gasteiger partial charge in [-0.1, -0.05) is 26.0 Å². The second-order valence-electron chi connectivity index (χ2n) is 6.86. The summed E-state index contributed by atoms with van der Waals surface area (Å²) in [6.45, 7) is 8.11. The standard InChI is InChI=1S/C18H27FN2/c1-13(2)18(21-10-3-4-11-21)12-20-17-9-8-14-15(17)6-5-7-16(14)19/h5-7,13,17-18,20H,3-4,8-12H2,1-2H3. The molecule has 0 bridgehead atoms. The summed E-state index contributed by atoms with van der Waals surface area (Å²) in [4.78, 5) is 2.62. The Morgan fingerprint density at radius 1 is 1.29 bits per heavy atom. The summed E-state index contributed by atoms with van der Waals surface area (Å²) in [6.07, 6.45) is 4.57. The molecule has 1 aromatic carbocycles. The van der Waals surface area contributed by atoms with E-state index in [1.807, 2.05) is 6.07 Å². The second-order valence-corrected chi connectivity index (χ2v) is 6.86. The van der Waals surface area contributed by atoms with E-state index in [-0.39, 0.29) is 5.82 Å². The van der Waals surface area contributed by atoms with E-state index in [0.717, 1.165) is 24.9 Å². The van der Waals surface area contributed by atoms with E-state index in [1.54, 1.807) is 6.07 Å². The Kier molecular flexibility index (Phi) is 4.60. The summed E-state index contributed by atoms with van der Waals surface area (Å²) in [5.74, 6) is 0.626. The Bertz CT molecular complexity index is 480. The Hall–Kier alpha value is -0.930. The predicted molar refractivity (Wildman–Crippen MR) is 84.9 cm³/mol. The maximum atomic E-state index is 13.8. The van der Waals surface area contributed by atoms with Crippen molar-refractivity contribution in [3.05, 3.63) is 35.1 Å². The third-order valence-electron chi connectivity index (χ3n) is 5.17. The fourth-order valence-corrected chi connectivity index (χ4v) is 3.94. The van der Waals surface area contributed by atoms with Crippen molar-refractivity contribution in [3.8, 4) is 0 Å². The number of fused-ring (bicyclic) bond motifs is 1. The van der Waals surface area contributed by atoms with Gasteiger partial charge in [0, 0.05) is 18.6 Å². The van der Waals surface area contributed by atoms with Crippen molar-refractivity contribution in [2.45, 2.75) is 51.6 Å². The summed E-state index contributed by atoms with van der Waals surface area (Å²) in [7, 11) is 0. The van der Waals surface area contributed by atoms with Crippen LogP contribution in [-0.4, -0.2) is 30.6 Å². The molecule has 1 aliphatic heterocycles. The Morgan fingerprint density at radius 2 is 2.05 bits per heavy atom. The van der Waals surface area contributed by atoms with Gasteiger partial charge in [0.25, 0.3) is 0 Å². The summed E-state index contributed by atoms with van der Waals surface area (Å²) < 4.78 is 13.8. The van der Waals surface area contributed by atoms with Crippen molar-refractivity contribution in [1.29, 1.82) is 0 Å². The maximum absolute atomic E-state index is 13.8. The smallest absolute Gasteiger partial charge is 0.126 e. The molecule has 3 rings (SSSR count). The summed E-state index contributed by atoms with van der Waals surface area (Å²) in [6, 6.07) is 6.45. The zero-order valence-corrected chi connectivity index (χ0v) is 13.2. The van der Waals surface area contributed by atoms with Crippen LogP contribution in [0.3, 0.4) is 0 Å². The largest absolute Gasteiger partial charge is 0.308 e. The fourth-order valence-electron chi connectivity index (χ4n) is 3.94. The molecule has 2 nitrogen and oxygen atoms in total. The van der Waals surface area contributed by atoms with Crippen LogP contribution in [0.25, 0.3) is 0 Å². The molecule has 0 radical (unpaired) electrons. The van der Waals surface area contributed by atoms with Crippen molar-refractivity contribution in [1.82, 2.24) is 10.2 Å². The highest BCUT2D eigenvalue weighted by Crippen LogP contribution is 2.32. The van der Waals surface area contributed by atoms with Crippen LogP contribution >= 0.6 is 0 Å². The van der Waals surface area contributed by atoms with E-state index in [2.05, 4.69) is 30.1 Å². The molecule has 0 amide bonds. The molecule has 1 N–H and O–H groups in total. The minimum Gasteiger partial charge on any atom is -0.308 e. The van der Waals surface area contributed by atoms with Crippen LogP contribution in [0, 0.1) is 11.7 Å². The number of nitrogens with one attached hydrogen (secondary N) is 1. The Morgan fingerprint density at radius 3 is 2.76 bits per heavy atom. The normalized spacial score (nSPS) is 23.7. The van der Waals surface area contributed by atoms with Gasteiger partial charge in [-0.15, -0.1) is 0 Å². The summed E-state index contributed by atoms with van der Waals surface area (Å²) >= 11 is 0. The first-order chi connectivity index (χ1) is 10.2. The van der Waals surface area contributed by atoms with E-state index in [1.165, 1.54) is 31.5 Å². The zero-order chi connectivity index (χ0) is 14.8. The van der Waals surface area contributed by atoms with Crippen molar-refractivity contribution < 1.29 is 4.39 Å². The van der Waals surface area contributed by atoms with E-state index < -0.39 is 0 Å². The highest BCUT2D eigenvalue weighted by atomic mass is 19.1. The van der Waals surface area contributed by atoms with Gasteiger partial charge in [-0.05, 0) is 61.9 Å². The summed E-state index contributed by atoms with van der Waals surface area (Å²) in [5.41, 5.74) is 2.11. The highest BCUT2D eigenvalue weighted by Gasteiger charge is 2.28. The molecular formula is C18H27FN2. The molecule has 3 heteroatoms. The highest BCUT2D eigenvalue weighted by molar-refractivity contribution is 5.35. The maximum Gasteiger partial charge on any atom is 0.126 e. The molecule has 21 heavy (non-hydrogen) atoms. The third kappa shape index (κ3) is 3.14. The average Bonchev–Trinajstić information content (AvgIpc) is 3.09. The van der Waals surface area contributed by atoms with Crippen molar-refractivity contribution in [2.24, 2.45) is 5.92 Å². The van der Waals surface area contributed by atoms with Crippen molar-refractivity contribution in [3.63, 3.8) is 0 Å². The number of benzene rings is 1. The lowest BCUT2D eigenvalue weighted by atomic mass is 10.0. The topological polar surface area (TPSA) is 15.3 Å². The van der Waals surface area contributed by atoms with Crippen LogP contribution < -0.4 is 5.32 Å². The first-order valence-electron chi connectivity index (χ1n) is 8.41. The monoisotopic (exact) mass is 290 g/mol.